The smallest absolute Gasteiger partial charge is 0.327 e. The average molecular weight is 781 g/mol. The van der Waals surface area contributed by atoms with E-state index in [1.807, 2.05) is 66.7 Å². The van der Waals surface area contributed by atoms with Crippen LogP contribution in [0.2, 0.25) is 0 Å². The SMILES string of the molecule is C[C@H](NC(=O)[C@H](Cc1ccccc1)NC(=O)[C@H](Cc1ccccc1)NC(=O)[C@@H](N)Cc1ccccc1)C(=O)N[C@@H](Cc1ccccc1)C(=O)N[C@@H](CS)C(=O)O. The van der Waals surface area contributed by atoms with Crippen molar-refractivity contribution < 1.29 is 33.9 Å². The maximum atomic E-state index is 14.0. The van der Waals surface area contributed by atoms with E-state index in [1.165, 1.54) is 6.92 Å². The number of amides is 5. The molecule has 0 radical (unpaired) electrons. The summed E-state index contributed by atoms with van der Waals surface area (Å²) in [6, 6.07) is 29.2. The Bertz CT molecular complexity index is 1900. The molecule has 0 spiro atoms. The molecule has 0 aromatic heterocycles. The van der Waals surface area contributed by atoms with Crippen LogP contribution in [0.4, 0.5) is 0 Å². The summed E-state index contributed by atoms with van der Waals surface area (Å²) in [5.74, 6) is -4.81. The number of hydrogen-bond acceptors (Lipinski definition) is 8. The lowest BCUT2D eigenvalue weighted by molar-refractivity contribution is -0.141. The Morgan fingerprint density at radius 1 is 0.482 bits per heavy atom. The highest BCUT2D eigenvalue weighted by Crippen LogP contribution is 2.10. The van der Waals surface area contributed by atoms with Gasteiger partial charge in [0.1, 0.15) is 30.2 Å². The van der Waals surface area contributed by atoms with E-state index >= 15 is 0 Å². The van der Waals surface area contributed by atoms with Gasteiger partial charge in [0.05, 0.1) is 6.04 Å². The standard InChI is InChI=1S/C42H48N6O7S/c1-27(37(49)45-34(24-30-18-10-4-11-19-30)41(53)48-36(26-56)42(54)55)44-39(51)33(23-29-16-8-3-9-17-29)47-40(52)35(25-31-20-12-5-13-21-31)46-38(50)32(43)22-28-14-6-2-7-15-28/h2-21,27,32-36,56H,22-26,43H2,1H3,(H,44,51)(H,45,49)(H,46,50)(H,47,52)(H,48,53)(H,54,55)/t27-,32-,33-,34-,35-,36-/m0/s1. The van der Waals surface area contributed by atoms with Crippen LogP contribution in [0.15, 0.2) is 121 Å². The van der Waals surface area contributed by atoms with Crippen molar-refractivity contribution in [2.75, 3.05) is 5.75 Å². The fourth-order valence-electron chi connectivity index (χ4n) is 5.82. The molecule has 0 fully saturated rings. The van der Waals surface area contributed by atoms with Gasteiger partial charge in [-0.15, -0.1) is 0 Å². The second-order valence-electron chi connectivity index (χ2n) is 13.4. The van der Waals surface area contributed by atoms with Crippen LogP contribution in [0.5, 0.6) is 0 Å². The van der Waals surface area contributed by atoms with E-state index in [0.717, 1.165) is 16.7 Å². The molecule has 56 heavy (non-hydrogen) atoms. The zero-order valence-electron chi connectivity index (χ0n) is 31.0. The van der Waals surface area contributed by atoms with Gasteiger partial charge in [0.15, 0.2) is 0 Å². The van der Waals surface area contributed by atoms with Crippen LogP contribution in [0.25, 0.3) is 0 Å². The van der Waals surface area contributed by atoms with Gasteiger partial charge < -0.3 is 37.4 Å². The molecule has 0 saturated carbocycles. The van der Waals surface area contributed by atoms with Crippen LogP contribution in [0.3, 0.4) is 0 Å². The van der Waals surface area contributed by atoms with Crippen molar-refractivity contribution in [3.05, 3.63) is 144 Å². The summed E-state index contributed by atoms with van der Waals surface area (Å²) in [5.41, 5.74) is 9.30. The van der Waals surface area contributed by atoms with Gasteiger partial charge in [0.2, 0.25) is 29.5 Å². The Kier molecular flexibility index (Phi) is 16.6. The van der Waals surface area contributed by atoms with E-state index in [4.69, 9.17) is 5.73 Å². The van der Waals surface area contributed by atoms with Crippen LogP contribution < -0.4 is 32.3 Å². The number of carbonyl (C=O) groups is 6. The summed E-state index contributed by atoms with van der Waals surface area (Å²) in [7, 11) is 0. The summed E-state index contributed by atoms with van der Waals surface area (Å²) >= 11 is 4.01. The van der Waals surface area contributed by atoms with Crippen molar-refractivity contribution in [1.82, 2.24) is 26.6 Å². The van der Waals surface area contributed by atoms with Gasteiger partial charge in [-0.05, 0) is 35.6 Å². The van der Waals surface area contributed by atoms with Crippen molar-refractivity contribution in [3.8, 4) is 0 Å². The first-order chi connectivity index (χ1) is 26.9. The summed E-state index contributed by atoms with van der Waals surface area (Å²) < 4.78 is 0. The molecule has 8 N–H and O–H groups in total. The van der Waals surface area contributed by atoms with Crippen LogP contribution in [-0.2, 0) is 54.5 Å². The van der Waals surface area contributed by atoms with Gasteiger partial charge in [-0.1, -0.05) is 121 Å². The van der Waals surface area contributed by atoms with E-state index in [2.05, 4.69) is 39.2 Å². The third-order valence-corrected chi connectivity index (χ3v) is 9.30. The molecule has 0 aliphatic rings. The first-order valence-corrected chi connectivity index (χ1v) is 18.8. The van der Waals surface area contributed by atoms with Crippen molar-refractivity contribution >= 4 is 48.1 Å². The lowest BCUT2D eigenvalue weighted by atomic mass is 10.0. The molecule has 0 heterocycles. The van der Waals surface area contributed by atoms with Crippen molar-refractivity contribution in [2.45, 2.75) is 68.9 Å². The minimum absolute atomic E-state index is 0.0359. The Labute approximate surface area is 331 Å². The third kappa shape index (κ3) is 13.7. The predicted octanol–water partition coefficient (Wildman–Crippen LogP) is 1.74. The highest BCUT2D eigenvalue weighted by molar-refractivity contribution is 7.80. The molecular weight excluding hydrogens is 733 g/mol. The van der Waals surface area contributed by atoms with Crippen LogP contribution in [-0.4, -0.2) is 82.6 Å². The van der Waals surface area contributed by atoms with Gasteiger partial charge in [-0.3, -0.25) is 24.0 Å². The quantitative estimate of drug-likeness (QED) is 0.0619. The second-order valence-corrected chi connectivity index (χ2v) is 13.7. The van der Waals surface area contributed by atoms with Crippen molar-refractivity contribution in [3.63, 3.8) is 0 Å². The van der Waals surface area contributed by atoms with Gasteiger partial charge in [-0.25, -0.2) is 4.79 Å². The zero-order chi connectivity index (χ0) is 40.5. The van der Waals surface area contributed by atoms with E-state index in [0.29, 0.717) is 5.56 Å². The van der Waals surface area contributed by atoms with Crippen molar-refractivity contribution in [2.24, 2.45) is 5.73 Å². The molecule has 0 bridgehead atoms. The summed E-state index contributed by atoms with van der Waals surface area (Å²) in [4.78, 5) is 79.6. The highest BCUT2D eigenvalue weighted by Gasteiger charge is 2.32. The topological polar surface area (TPSA) is 209 Å². The van der Waals surface area contributed by atoms with E-state index < -0.39 is 71.8 Å². The van der Waals surface area contributed by atoms with Gasteiger partial charge >= 0.3 is 5.97 Å². The Morgan fingerprint density at radius 2 is 0.786 bits per heavy atom. The molecular formula is C42H48N6O7S. The summed E-state index contributed by atoms with van der Waals surface area (Å²) in [5, 5.41) is 22.7. The molecule has 0 aliphatic carbocycles. The van der Waals surface area contributed by atoms with Crippen LogP contribution in [0.1, 0.15) is 29.2 Å². The van der Waals surface area contributed by atoms with E-state index in [9.17, 15) is 33.9 Å². The fraction of sp³-hybridized carbons (Fsp3) is 0.286. The Hall–Kier alpha value is -5.99. The number of nitrogens with one attached hydrogen (secondary N) is 5. The fourth-order valence-corrected chi connectivity index (χ4v) is 6.07. The molecule has 0 unspecified atom stereocenters. The third-order valence-electron chi connectivity index (χ3n) is 8.93. The number of carboxylic acids is 1. The first kappa shape index (κ1) is 42.7. The molecule has 5 amide bonds. The second kappa shape index (κ2) is 21.8. The molecule has 13 nitrogen and oxygen atoms in total. The highest BCUT2D eigenvalue weighted by atomic mass is 32.1. The predicted molar refractivity (Wildman–Crippen MR) is 215 cm³/mol. The number of nitrogens with two attached hydrogens (primary N) is 1. The monoisotopic (exact) mass is 780 g/mol. The lowest BCUT2D eigenvalue weighted by Gasteiger charge is -2.26. The molecule has 294 valence electrons. The normalized spacial score (nSPS) is 14.1. The van der Waals surface area contributed by atoms with Crippen molar-refractivity contribution in [1.29, 1.82) is 0 Å². The molecule has 0 saturated heterocycles. The number of hydrogen-bond donors (Lipinski definition) is 8. The number of carbonyl (C=O) groups excluding carboxylic acids is 5. The zero-order valence-corrected chi connectivity index (χ0v) is 31.9. The van der Waals surface area contributed by atoms with Gasteiger partial charge in [-0.2, -0.15) is 12.6 Å². The van der Waals surface area contributed by atoms with Gasteiger partial charge in [0, 0.05) is 25.0 Å². The van der Waals surface area contributed by atoms with E-state index in [1.54, 1.807) is 54.6 Å². The molecule has 4 aromatic carbocycles. The number of thiol groups is 1. The maximum absolute atomic E-state index is 14.0. The van der Waals surface area contributed by atoms with E-state index in [-0.39, 0.29) is 31.4 Å². The van der Waals surface area contributed by atoms with Crippen LogP contribution >= 0.6 is 12.6 Å². The lowest BCUT2D eigenvalue weighted by Crippen LogP contribution is -2.59. The number of benzene rings is 4. The average Bonchev–Trinajstić information content (AvgIpc) is 3.20. The largest absolute Gasteiger partial charge is 0.480 e. The Morgan fingerprint density at radius 3 is 1.14 bits per heavy atom. The number of carboxylic acid groups (broad SMARTS) is 1. The molecule has 6 atom stereocenters. The molecule has 14 heteroatoms. The number of rotatable bonds is 20. The first-order valence-electron chi connectivity index (χ1n) is 18.2. The number of aliphatic carboxylic acids is 1. The minimum atomic E-state index is -1.30. The molecule has 4 aromatic rings. The maximum Gasteiger partial charge on any atom is 0.327 e. The van der Waals surface area contributed by atoms with Gasteiger partial charge in [0.25, 0.3) is 0 Å². The van der Waals surface area contributed by atoms with Crippen LogP contribution in [0, 0.1) is 0 Å². The molecule has 0 aliphatic heterocycles. The summed E-state index contributed by atoms with van der Waals surface area (Å²) in [6.07, 6.45) is 0.435. The summed E-state index contributed by atoms with van der Waals surface area (Å²) in [6.45, 7) is 1.42. The Balaban J connectivity index is 1.51. The molecule has 4 rings (SSSR count). The minimum Gasteiger partial charge on any atom is -0.480 e.